The van der Waals surface area contributed by atoms with Crippen molar-refractivity contribution in [2.75, 3.05) is 11.1 Å². The normalized spacial score (nSPS) is 10.2. The molecule has 0 aliphatic heterocycles. The molecule has 2 aromatic rings. The first-order valence-electron chi connectivity index (χ1n) is 5.50. The largest absolute Gasteiger partial charge is 0.384 e. The molecule has 19 heavy (non-hydrogen) atoms. The lowest BCUT2D eigenvalue weighted by Gasteiger charge is -2.06. The highest BCUT2D eigenvalue weighted by molar-refractivity contribution is 9.10. The van der Waals surface area contributed by atoms with Crippen LogP contribution in [-0.2, 0) is 11.2 Å². The molecule has 1 aromatic heterocycles. The zero-order valence-corrected chi connectivity index (χ0v) is 11.4. The van der Waals surface area contributed by atoms with Gasteiger partial charge >= 0.3 is 0 Å². The van der Waals surface area contributed by atoms with Gasteiger partial charge in [0.1, 0.15) is 11.6 Å². The summed E-state index contributed by atoms with van der Waals surface area (Å²) in [6.45, 7) is 0. The fourth-order valence-corrected chi connectivity index (χ4v) is 1.94. The van der Waals surface area contributed by atoms with Gasteiger partial charge < -0.3 is 11.1 Å². The van der Waals surface area contributed by atoms with Crippen LogP contribution in [0.5, 0.6) is 0 Å². The smallest absolute Gasteiger partial charge is 0.228 e. The monoisotopic (exact) mass is 323 g/mol. The van der Waals surface area contributed by atoms with E-state index in [2.05, 4.69) is 26.2 Å². The number of carbonyl (C=O) groups excluding carboxylic acids is 1. The lowest BCUT2D eigenvalue weighted by atomic mass is 10.1. The maximum atomic E-state index is 13.5. The van der Waals surface area contributed by atoms with Crippen molar-refractivity contribution in [2.45, 2.75) is 6.42 Å². The fraction of sp³-hybridized carbons (Fsp3) is 0.0769. The summed E-state index contributed by atoms with van der Waals surface area (Å²) >= 11 is 3.24. The molecule has 6 heteroatoms. The van der Waals surface area contributed by atoms with Crippen LogP contribution in [0.1, 0.15) is 5.56 Å². The summed E-state index contributed by atoms with van der Waals surface area (Å²) in [5, 5.41) is 2.63. The first-order chi connectivity index (χ1) is 9.04. The van der Waals surface area contributed by atoms with E-state index in [0.29, 0.717) is 17.1 Å². The number of halogens is 2. The van der Waals surface area contributed by atoms with E-state index in [1.165, 1.54) is 12.3 Å². The number of nitrogens with one attached hydrogen (secondary N) is 1. The summed E-state index contributed by atoms with van der Waals surface area (Å²) in [5.41, 5.74) is 6.29. The molecule has 0 spiro atoms. The van der Waals surface area contributed by atoms with E-state index < -0.39 is 5.82 Å². The number of nitrogen functional groups attached to an aromatic ring is 1. The summed E-state index contributed by atoms with van der Waals surface area (Å²) < 4.78 is 14.2. The van der Waals surface area contributed by atoms with Gasteiger partial charge in [0.25, 0.3) is 0 Å². The lowest BCUT2D eigenvalue weighted by molar-refractivity contribution is -0.115. The quantitative estimate of drug-likeness (QED) is 0.912. The van der Waals surface area contributed by atoms with Crippen molar-refractivity contribution in [3.8, 4) is 0 Å². The van der Waals surface area contributed by atoms with Crippen LogP contribution >= 0.6 is 15.9 Å². The van der Waals surface area contributed by atoms with Crippen molar-refractivity contribution in [1.29, 1.82) is 0 Å². The highest BCUT2D eigenvalue weighted by Crippen LogP contribution is 2.16. The maximum Gasteiger partial charge on any atom is 0.228 e. The van der Waals surface area contributed by atoms with E-state index in [1.54, 1.807) is 24.3 Å². The Morgan fingerprint density at radius 1 is 1.37 bits per heavy atom. The van der Waals surface area contributed by atoms with Gasteiger partial charge in [-0.15, -0.1) is 0 Å². The molecule has 0 atom stereocenters. The van der Waals surface area contributed by atoms with Crippen molar-refractivity contribution in [3.63, 3.8) is 0 Å². The van der Waals surface area contributed by atoms with Crippen LogP contribution in [0, 0.1) is 5.82 Å². The van der Waals surface area contributed by atoms with E-state index >= 15 is 0 Å². The van der Waals surface area contributed by atoms with Crippen LogP contribution in [0.15, 0.2) is 41.0 Å². The molecule has 0 saturated heterocycles. The molecule has 4 nitrogen and oxygen atoms in total. The van der Waals surface area contributed by atoms with Gasteiger partial charge in [0.15, 0.2) is 0 Å². The number of hydrogen-bond acceptors (Lipinski definition) is 3. The van der Waals surface area contributed by atoms with Crippen molar-refractivity contribution in [1.82, 2.24) is 4.98 Å². The molecule has 0 bridgehead atoms. The molecule has 98 valence electrons. The third-order valence-electron chi connectivity index (χ3n) is 2.43. The summed E-state index contributed by atoms with van der Waals surface area (Å²) in [6.07, 6.45) is 1.40. The number of benzene rings is 1. The van der Waals surface area contributed by atoms with Crippen molar-refractivity contribution in [3.05, 3.63) is 52.4 Å². The molecule has 3 N–H and O–H groups in total. The minimum absolute atomic E-state index is 0.0460. The Bertz CT molecular complexity index is 601. The van der Waals surface area contributed by atoms with Gasteiger partial charge in [0.05, 0.1) is 18.3 Å². The van der Waals surface area contributed by atoms with Gasteiger partial charge in [-0.05, 0) is 35.9 Å². The molecule has 1 heterocycles. The number of pyridine rings is 1. The molecule has 0 fully saturated rings. The topological polar surface area (TPSA) is 68.0 Å². The first-order valence-corrected chi connectivity index (χ1v) is 6.29. The molecule has 2 rings (SSSR count). The second-order valence-corrected chi connectivity index (χ2v) is 4.85. The van der Waals surface area contributed by atoms with Crippen LogP contribution in [0.4, 0.5) is 15.9 Å². The Kier molecular flexibility index (Phi) is 4.11. The number of hydrogen-bond donors (Lipinski definition) is 2. The maximum absolute atomic E-state index is 13.5. The fourth-order valence-electron chi connectivity index (χ4n) is 1.54. The molecule has 0 saturated carbocycles. The van der Waals surface area contributed by atoms with Crippen LogP contribution in [0.2, 0.25) is 0 Å². The van der Waals surface area contributed by atoms with Crippen LogP contribution in [-0.4, -0.2) is 10.9 Å². The molecule has 1 aromatic carbocycles. The molecular weight excluding hydrogens is 313 g/mol. The standard InChI is InChI=1S/C13H11BrFN3O/c14-9-1-3-11(15)8(5-9)6-13(19)18-10-2-4-12(16)17-7-10/h1-5,7H,6H2,(H2,16,17)(H,18,19). The second-order valence-electron chi connectivity index (χ2n) is 3.93. The van der Waals surface area contributed by atoms with Gasteiger partial charge in [-0.3, -0.25) is 4.79 Å². The highest BCUT2D eigenvalue weighted by Gasteiger charge is 2.09. The van der Waals surface area contributed by atoms with Crippen LogP contribution in [0.3, 0.4) is 0 Å². The number of anilines is 2. The Hall–Kier alpha value is -1.95. The zero-order valence-electron chi connectivity index (χ0n) is 9.86. The average molecular weight is 324 g/mol. The third-order valence-corrected chi connectivity index (χ3v) is 2.92. The molecule has 0 aliphatic carbocycles. The second kappa shape index (κ2) is 5.79. The van der Waals surface area contributed by atoms with Gasteiger partial charge in [-0.2, -0.15) is 0 Å². The summed E-state index contributed by atoms with van der Waals surface area (Å²) in [4.78, 5) is 15.6. The minimum Gasteiger partial charge on any atom is -0.384 e. The number of amides is 1. The molecule has 1 amide bonds. The molecular formula is C13H11BrFN3O. The van der Waals surface area contributed by atoms with E-state index in [9.17, 15) is 9.18 Å². The number of carbonyl (C=O) groups is 1. The average Bonchev–Trinajstić information content (AvgIpc) is 2.37. The predicted octanol–water partition coefficient (Wildman–Crippen LogP) is 2.75. The van der Waals surface area contributed by atoms with Gasteiger partial charge in [0.2, 0.25) is 5.91 Å². The highest BCUT2D eigenvalue weighted by atomic mass is 79.9. The Morgan fingerprint density at radius 3 is 2.84 bits per heavy atom. The number of aromatic nitrogens is 1. The Labute approximate surface area is 118 Å². The Morgan fingerprint density at radius 2 is 2.16 bits per heavy atom. The Balaban J connectivity index is 2.05. The summed E-state index contributed by atoms with van der Waals surface area (Å²) in [6, 6.07) is 7.70. The molecule has 0 radical (unpaired) electrons. The van der Waals surface area contributed by atoms with Crippen molar-refractivity contribution < 1.29 is 9.18 Å². The van der Waals surface area contributed by atoms with Gasteiger partial charge in [-0.25, -0.2) is 9.37 Å². The predicted molar refractivity (Wildman–Crippen MR) is 75.1 cm³/mol. The van der Waals surface area contributed by atoms with Crippen molar-refractivity contribution in [2.24, 2.45) is 0 Å². The van der Waals surface area contributed by atoms with E-state index in [1.807, 2.05) is 0 Å². The van der Waals surface area contributed by atoms with Crippen LogP contribution in [0.25, 0.3) is 0 Å². The van der Waals surface area contributed by atoms with E-state index in [0.717, 1.165) is 4.47 Å². The minimum atomic E-state index is -0.409. The first kappa shape index (κ1) is 13.5. The number of nitrogens with zero attached hydrogens (tertiary/aromatic N) is 1. The number of nitrogens with two attached hydrogens (primary N) is 1. The SMILES string of the molecule is Nc1ccc(NC(=O)Cc2cc(Br)ccc2F)cn1. The molecule has 0 unspecified atom stereocenters. The van der Waals surface area contributed by atoms with Crippen molar-refractivity contribution >= 4 is 33.3 Å². The van der Waals surface area contributed by atoms with Gasteiger partial charge in [-0.1, -0.05) is 15.9 Å². The van der Waals surface area contributed by atoms with E-state index in [-0.39, 0.29) is 12.3 Å². The summed E-state index contributed by atoms with van der Waals surface area (Å²) in [7, 11) is 0. The number of rotatable bonds is 3. The summed E-state index contributed by atoms with van der Waals surface area (Å²) in [5.74, 6) is -0.353. The van der Waals surface area contributed by atoms with Gasteiger partial charge in [0, 0.05) is 4.47 Å². The zero-order chi connectivity index (χ0) is 13.8. The lowest BCUT2D eigenvalue weighted by Crippen LogP contribution is -2.15. The molecule has 0 aliphatic rings. The van der Waals surface area contributed by atoms with E-state index in [4.69, 9.17) is 5.73 Å². The van der Waals surface area contributed by atoms with Crippen LogP contribution < -0.4 is 11.1 Å². The third kappa shape index (κ3) is 3.75.